The lowest BCUT2D eigenvalue weighted by Gasteiger charge is -2.15. The zero-order valence-corrected chi connectivity index (χ0v) is 18.7. The second kappa shape index (κ2) is 8.78. The molecule has 2 aromatic rings. The van der Waals surface area contributed by atoms with E-state index in [2.05, 4.69) is 83.1 Å². The lowest BCUT2D eigenvalue weighted by molar-refractivity contribution is 1.03. The van der Waals surface area contributed by atoms with Gasteiger partial charge in [-0.3, -0.25) is 4.99 Å². The van der Waals surface area contributed by atoms with Crippen LogP contribution in [-0.4, -0.2) is 5.71 Å². The van der Waals surface area contributed by atoms with Crippen LogP contribution in [0.4, 0.5) is 0 Å². The number of fused-ring (bicyclic) bond motifs is 1. The fraction of sp³-hybridized carbons (Fsp3) is 0.321. The maximum atomic E-state index is 4.69. The second-order valence-electron chi connectivity index (χ2n) is 8.18. The van der Waals surface area contributed by atoms with Crippen molar-refractivity contribution < 1.29 is 0 Å². The summed E-state index contributed by atoms with van der Waals surface area (Å²) in [6.07, 6.45) is 5.62. The predicted molar refractivity (Wildman–Crippen MR) is 128 cm³/mol. The molecule has 2 aromatic carbocycles. The SMILES string of the molecule is C=CN=C(Cc1ccc2c(c1)CC(C)=C2C(=C)C)c1cc(CC)c(CC)cc1C. The molecule has 0 radical (unpaired) electrons. The average Bonchev–Trinajstić information content (AvgIpc) is 3.02. The summed E-state index contributed by atoms with van der Waals surface area (Å²) in [4.78, 5) is 4.69. The van der Waals surface area contributed by atoms with Crippen LogP contribution in [0.2, 0.25) is 0 Å². The minimum atomic E-state index is 0.816. The predicted octanol–water partition coefficient (Wildman–Crippen LogP) is 7.20. The van der Waals surface area contributed by atoms with Crippen molar-refractivity contribution in [1.29, 1.82) is 0 Å². The van der Waals surface area contributed by atoms with Gasteiger partial charge in [-0.1, -0.05) is 62.4 Å². The molecular formula is C28H33N. The first-order valence-electron chi connectivity index (χ1n) is 10.7. The molecule has 0 fully saturated rings. The van der Waals surface area contributed by atoms with Crippen LogP contribution < -0.4 is 0 Å². The van der Waals surface area contributed by atoms with Gasteiger partial charge in [-0.2, -0.15) is 0 Å². The Morgan fingerprint density at radius 3 is 2.38 bits per heavy atom. The van der Waals surface area contributed by atoms with Crippen molar-refractivity contribution in [2.24, 2.45) is 4.99 Å². The standard InChI is InChI=1S/C28H33N/c1-8-22-13-19(6)26(17-23(22)9-2)27(29-10-3)16-21-11-12-25-24(15-21)14-20(7)28(25)18(4)5/h10-13,15,17H,3-4,8-9,14,16H2,1-2,5-7H3. The number of rotatable bonds is 7. The van der Waals surface area contributed by atoms with E-state index >= 15 is 0 Å². The molecule has 3 rings (SSSR count). The van der Waals surface area contributed by atoms with E-state index in [1.54, 1.807) is 6.20 Å². The smallest absolute Gasteiger partial charge is 0.0522 e. The molecule has 0 saturated heterocycles. The highest BCUT2D eigenvalue weighted by molar-refractivity contribution is 6.03. The Bertz CT molecular complexity index is 1030. The van der Waals surface area contributed by atoms with Gasteiger partial charge in [0, 0.05) is 12.6 Å². The minimum absolute atomic E-state index is 0.816. The highest BCUT2D eigenvalue weighted by Crippen LogP contribution is 2.37. The quantitative estimate of drug-likeness (QED) is 0.448. The van der Waals surface area contributed by atoms with Crippen molar-refractivity contribution in [3.63, 3.8) is 0 Å². The van der Waals surface area contributed by atoms with Gasteiger partial charge in [-0.05, 0) is 90.6 Å². The molecule has 0 amide bonds. The molecule has 0 saturated carbocycles. The highest BCUT2D eigenvalue weighted by Gasteiger charge is 2.20. The molecule has 0 unspecified atom stereocenters. The van der Waals surface area contributed by atoms with Crippen molar-refractivity contribution in [2.45, 2.75) is 60.3 Å². The number of aryl methyl sites for hydroxylation is 3. The summed E-state index contributed by atoms with van der Waals surface area (Å²) in [5.41, 5.74) is 14.5. The van der Waals surface area contributed by atoms with Crippen LogP contribution in [0.25, 0.3) is 5.57 Å². The third-order valence-electron chi connectivity index (χ3n) is 5.99. The normalized spacial score (nSPS) is 13.6. The topological polar surface area (TPSA) is 12.4 Å². The van der Waals surface area contributed by atoms with E-state index in [0.717, 1.165) is 37.0 Å². The number of hydrogen-bond acceptors (Lipinski definition) is 1. The molecular weight excluding hydrogens is 350 g/mol. The Morgan fingerprint density at radius 2 is 1.76 bits per heavy atom. The van der Waals surface area contributed by atoms with E-state index in [-0.39, 0.29) is 0 Å². The molecule has 0 aromatic heterocycles. The lowest BCUT2D eigenvalue weighted by atomic mass is 9.91. The zero-order chi connectivity index (χ0) is 21.1. The maximum absolute atomic E-state index is 4.69. The van der Waals surface area contributed by atoms with Crippen molar-refractivity contribution in [1.82, 2.24) is 0 Å². The van der Waals surface area contributed by atoms with Crippen LogP contribution in [-0.2, 0) is 25.7 Å². The Labute approximate surface area is 176 Å². The first-order chi connectivity index (χ1) is 13.9. The average molecular weight is 384 g/mol. The first kappa shape index (κ1) is 21.0. The van der Waals surface area contributed by atoms with Crippen LogP contribution in [0.1, 0.15) is 66.6 Å². The van der Waals surface area contributed by atoms with Crippen LogP contribution in [0, 0.1) is 6.92 Å². The van der Waals surface area contributed by atoms with Gasteiger partial charge in [-0.15, -0.1) is 0 Å². The Balaban J connectivity index is 1.97. The molecule has 0 spiro atoms. The molecule has 29 heavy (non-hydrogen) atoms. The van der Waals surface area contributed by atoms with Gasteiger partial charge in [0.05, 0.1) is 5.71 Å². The first-order valence-corrected chi connectivity index (χ1v) is 10.7. The molecule has 1 heteroatoms. The van der Waals surface area contributed by atoms with Crippen molar-refractivity contribution in [3.8, 4) is 0 Å². The van der Waals surface area contributed by atoms with E-state index in [9.17, 15) is 0 Å². The Kier molecular flexibility index (Phi) is 6.37. The minimum Gasteiger partial charge on any atom is -0.261 e. The van der Waals surface area contributed by atoms with Crippen LogP contribution in [0.3, 0.4) is 0 Å². The molecule has 0 bridgehead atoms. The molecule has 1 aliphatic rings. The van der Waals surface area contributed by atoms with Crippen LogP contribution in [0.5, 0.6) is 0 Å². The van der Waals surface area contributed by atoms with E-state index in [0.29, 0.717) is 0 Å². The van der Waals surface area contributed by atoms with E-state index < -0.39 is 0 Å². The monoisotopic (exact) mass is 383 g/mol. The summed E-state index contributed by atoms with van der Waals surface area (Å²) in [6.45, 7) is 19.0. The summed E-state index contributed by atoms with van der Waals surface area (Å²) < 4.78 is 0. The fourth-order valence-corrected chi connectivity index (χ4v) is 4.64. The summed E-state index contributed by atoms with van der Waals surface area (Å²) in [5, 5.41) is 0. The van der Waals surface area contributed by atoms with Crippen molar-refractivity contribution in [2.75, 3.05) is 0 Å². The van der Waals surface area contributed by atoms with Gasteiger partial charge in [0.2, 0.25) is 0 Å². The van der Waals surface area contributed by atoms with E-state index in [1.165, 1.54) is 50.1 Å². The second-order valence-corrected chi connectivity index (χ2v) is 8.18. The van der Waals surface area contributed by atoms with Gasteiger partial charge in [0.25, 0.3) is 0 Å². The molecule has 0 N–H and O–H groups in total. The molecule has 0 aliphatic heterocycles. The summed E-state index contributed by atoms with van der Waals surface area (Å²) in [7, 11) is 0. The van der Waals surface area contributed by atoms with Gasteiger partial charge < -0.3 is 0 Å². The van der Waals surface area contributed by atoms with Gasteiger partial charge in [0.1, 0.15) is 0 Å². The van der Waals surface area contributed by atoms with Gasteiger partial charge in [0.15, 0.2) is 0 Å². The van der Waals surface area contributed by atoms with Crippen molar-refractivity contribution in [3.05, 3.63) is 99.8 Å². The number of aliphatic imine (C=N–C) groups is 1. The highest BCUT2D eigenvalue weighted by atomic mass is 14.7. The molecule has 0 heterocycles. The van der Waals surface area contributed by atoms with E-state index in [1.807, 2.05) is 0 Å². The molecule has 150 valence electrons. The number of nitrogens with zero attached hydrogens (tertiary/aromatic N) is 1. The zero-order valence-electron chi connectivity index (χ0n) is 18.7. The third kappa shape index (κ3) is 4.19. The molecule has 1 aliphatic carbocycles. The lowest BCUT2D eigenvalue weighted by Crippen LogP contribution is -2.09. The largest absolute Gasteiger partial charge is 0.261 e. The molecule has 0 atom stereocenters. The Hall–Kier alpha value is -2.67. The van der Waals surface area contributed by atoms with Gasteiger partial charge in [-0.25, -0.2) is 0 Å². The number of benzene rings is 2. The molecule has 1 nitrogen and oxygen atoms in total. The Morgan fingerprint density at radius 1 is 1.07 bits per heavy atom. The van der Waals surface area contributed by atoms with Crippen molar-refractivity contribution >= 4 is 11.3 Å². The number of hydrogen-bond donors (Lipinski definition) is 0. The van der Waals surface area contributed by atoms with Crippen LogP contribution in [0.15, 0.2) is 65.8 Å². The van der Waals surface area contributed by atoms with Crippen LogP contribution >= 0.6 is 0 Å². The third-order valence-corrected chi connectivity index (χ3v) is 5.99. The summed E-state index contributed by atoms with van der Waals surface area (Å²) >= 11 is 0. The fourth-order valence-electron chi connectivity index (χ4n) is 4.64. The maximum Gasteiger partial charge on any atom is 0.0522 e. The number of allylic oxidation sites excluding steroid dienone is 3. The van der Waals surface area contributed by atoms with Gasteiger partial charge >= 0.3 is 0 Å². The van der Waals surface area contributed by atoms with E-state index in [4.69, 9.17) is 0 Å². The summed E-state index contributed by atoms with van der Waals surface area (Å²) in [6, 6.07) is 11.5. The summed E-state index contributed by atoms with van der Waals surface area (Å²) in [5.74, 6) is 0.